The molecule has 0 aliphatic carbocycles. The fourth-order valence-electron chi connectivity index (χ4n) is 1.73. The van der Waals surface area contributed by atoms with E-state index in [1.54, 1.807) is 0 Å². The molecule has 1 aromatic rings. The van der Waals surface area contributed by atoms with E-state index in [1.165, 1.54) is 12.4 Å². The number of carbonyl (C=O) groups excluding carboxylic acids is 1. The standard InChI is InChI=1S/C9H12N4O2/c10-9(15)6-1-2-13(4-6)7-3-8(14)12-5-11-7/h3,5-6H,1-2,4H2,(H2,10,15)(H,11,12,14). The van der Waals surface area contributed by atoms with Crippen LogP contribution in [0.15, 0.2) is 17.2 Å². The second kappa shape index (κ2) is 3.72. The second-order valence-corrected chi connectivity index (χ2v) is 3.60. The van der Waals surface area contributed by atoms with E-state index in [0.717, 1.165) is 6.42 Å². The lowest BCUT2D eigenvalue weighted by Crippen LogP contribution is -2.28. The summed E-state index contributed by atoms with van der Waals surface area (Å²) >= 11 is 0. The molecule has 0 bridgehead atoms. The quantitative estimate of drug-likeness (QED) is 0.657. The number of aromatic amines is 1. The third kappa shape index (κ3) is 1.98. The lowest BCUT2D eigenvalue weighted by atomic mass is 10.1. The van der Waals surface area contributed by atoms with Gasteiger partial charge in [-0.1, -0.05) is 0 Å². The summed E-state index contributed by atoms with van der Waals surface area (Å²) in [5, 5.41) is 0. The highest BCUT2D eigenvalue weighted by molar-refractivity contribution is 5.78. The van der Waals surface area contributed by atoms with E-state index in [1.807, 2.05) is 4.90 Å². The average molecular weight is 208 g/mol. The number of nitrogens with two attached hydrogens (primary N) is 1. The zero-order valence-electron chi connectivity index (χ0n) is 8.14. The lowest BCUT2D eigenvalue weighted by Gasteiger charge is -2.15. The molecule has 1 atom stereocenters. The molecule has 2 rings (SSSR count). The van der Waals surface area contributed by atoms with E-state index in [4.69, 9.17) is 5.73 Å². The highest BCUT2D eigenvalue weighted by Gasteiger charge is 2.27. The van der Waals surface area contributed by atoms with Crippen molar-refractivity contribution in [1.29, 1.82) is 0 Å². The summed E-state index contributed by atoms with van der Waals surface area (Å²) in [6.07, 6.45) is 2.08. The van der Waals surface area contributed by atoms with Gasteiger partial charge in [0.1, 0.15) is 5.82 Å². The first kappa shape index (κ1) is 9.70. The number of nitrogens with zero attached hydrogens (tertiary/aromatic N) is 2. The zero-order chi connectivity index (χ0) is 10.8. The third-order valence-electron chi connectivity index (χ3n) is 2.58. The van der Waals surface area contributed by atoms with Crippen LogP contribution in [0.3, 0.4) is 0 Å². The number of amides is 1. The van der Waals surface area contributed by atoms with E-state index >= 15 is 0 Å². The molecule has 1 aliphatic heterocycles. The van der Waals surface area contributed by atoms with Gasteiger partial charge in [-0.3, -0.25) is 9.59 Å². The van der Waals surface area contributed by atoms with Gasteiger partial charge in [-0.05, 0) is 6.42 Å². The monoisotopic (exact) mass is 208 g/mol. The minimum absolute atomic E-state index is 0.133. The van der Waals surface area contributed by atoms with Gasteiger partial charge < -0.3 is 15.6 Å². The number of anilines is 1. The summed E-state index contributed by atoms with van der Waals surface area (Å²) in [5.74, 6) is 0.177. The number of hydrogen-bond donors (Lipinski definition) is 2. The molecule has 6 nitrogen and oxygen atoms in total. The highest BCUT2D eigenvalue weighted by atomic mass is 16.1. The van der Waals surface area contributed by atoms with Crippen molar-refractivity contribution in [3.05, 3.63) is 22.7 Å². The molecule has 0 radical (unpaired) electrons. The van der Waals surface area contributed by atoms with E-state index < -0.39 is 0 Å². The maximum atomic E-state index is 11.0. The van der Waals surface area contributed by atoms with Gasteiger partial charge >= 0.3 is 0 Å². The molecule has 1 saturated heterocycles. The van der Waals surface area contributed by atoms with Crippen LogP contribution in [0.4, 0.5) is 5.82 Å². The Morgan fingerprint density at radius 1 is 1.67 bits per heavy atom. The molecular formula is C9H12N4O2. The van der Waals surface area contributed by atoms with Gasteiger partial charge in [0.25, 0.3) is 5.56 Å². The molecule has 6 heteroatoms. The number of primary amides is 1. The first-order valence-electron chi connectivity index (χ1n) is 4.76. The molecule has 3 N–H and O–H groups in total. The Balaban J connectivity index is 2.14. The van der Waals surface area contributed by atoms with Gasteiger partial charge in [-0.25, -0.2) is 4.98 Å². The highest BCUT2D eigenvalue weighted by Crippen LogP contribution is 2.20. The largest absolute Gasteiger partial charge is 0.369 e. The van der Waals surface area contributed by atoms with Crippen LogP contribution in [0.25, 0.3) is 0 Å². The summed E-state index contributed by atoms with van der Waals surface area (Å²) in [6.45, 7) is 1.26. The van der Waals surface area contributed by atoms with Crippen molar-refractivity contribution in [3.8, 4) is 0 Å². The van der Waals surface area contributed by atoms with Gasteiger partial charge in [0.15, 0.2) is 0 Å². The molecule has 80 valence electrons. The summed E-state index contributed by atoms with van der Waals surface area (Å²) in [6, 6.07) is 1.42. The number of hydrogen-bond acceptors (Lipinski definition) is 4. The Morgan fingerprint density at radius 3 is 3.07 bits per heavy atom. The molecule has 0 aromatic carbocycles. The summed E-state index contributed by atoms with van der Waals surface area (Å²) in [5.41, 5.74) is 5.02. The van der Waals surface area contributed by atoms with Crippen molar-refractivity contribution >= 4 is 11.7 Å². The maximum Gasteiger partial charge on any atom is 0.252 e. The van der Waals surface area contributed by atoms with Crippen LogP contribution in [-0.2, 0) is 4.79 Å². The summed E-state index contributed by atoms with van der Waals surface area (Å²) in [4.78, 5) is 30.4. The van der Waals surface area contributed by atoms with Crippen molar-refractivity contribution in [2.24, 2.45) is 11.7 Å². The fraction of sp³-hybridized carbons (Fsp3) is 0.444. The molecule has 0 saturated carbocycles. The Kier molecular flexibility index (Phi) is 2.40. The van der Waals surface area contributed by atoms with Crippen LogP contribution in [0.2, 0.25) is 0 Å². The number of nitrogens with one attached hydrogen (secondary N) is 1. The number of carbonyl (C=O) groups is 1. The fourth-order valence-corrected chi connectivity index (χ4v) is 1.73. The number of H-pyrrole nitrogens is 1. The second-order valence-electron chi connectivity index (χ2n) is 3.60. The van der Waals surface area contributed by atoms with E-state index in [-0.39, 0.29) is 17.4 Å². The van der Waals surface area contributed by atoms with Crippen LogP contribution in [-0.4, -0.2) is 29.0 Å². The Morgan fingerprint density at radius 2 is 2.47 bits per heavy atom. The minimum atomic E-state index is -0.289. The molecule has 2 heterocycles. The van der Waals surface area contributed by atoms with Crippen LogP contribution in [0.5, 0.6) is 0 Å². The van der Waals surface area contributed by atoms with Crippen molar-refractivity contribution in [2.45, 2.75) is 6.42 Å². The molecule has 1 aromatic heterocycles. The average Bonchev–Trinajstić information content (AvgIpc) is 2.66. The Labute approximate surface area is 86.1 Å². The third-order valence-corrected chi connectivity index (χ3v) is 2.58. The molecule has 1 unspecified atom stereocenters. The number of aromatic nitrogens is 2. The van der Waals surface area contributed by atoms with E-state index in [0.29, 0.717) is 18.9 Å². The lowest BCUT2D eigenvalue weighted by molar-refractivity contribution is -0.121. The van der Waals surface area contributed by atoms with Crippen LogP contribution >= 0.6 is 0 Å². The van der Waals surface area contributed by atoms with Crippen LogP contribution in [0, 0.1) is 5.92 Å². The molecular weight excluding hydrogens is 196 g/mol. The van der Waals surface area contributed by atoms with Gasteiger partial charge in [0.05, 0.1) is 12.2 Å². The Bertz CT molecular complexity index is 428. The van der Waals surface area contributed by atoms with Crippen molar-refractivity contribution in [3.63, 3.8) is 0 Å². The normalized spacial score (nSPS) is 20.5. The van der Waals surface area contributed by atoms with Crippen molar-refractivity contribution in [2.75, 3.05) is 18.0 Å². The minimum Gasteiger partial charge on any atom is -0.369 e. The van der Waals surface area contributed by atoms with Crippen LogP contribution < -0.4 is 16.2 Å². The van der Waals surface area contributed by atoms with E-state index in [9.17, 15) is 9.59 Å². The van der Waals surface area contributed by atoms with Crippen molar-refractivity contribution < 1.29 is 4.79 Å². The number of rotatable bonds is 2. The van der Waals surface area contributed by atoms with Gasteiger partial charge in [-0.2, -0.15) is 0 Å². The maximum absolute atomic E-state index is 11.0. The first-order chi connectivity index (χ1) is 7.16. The molecule has 1 amide bonds. The SMILES string of the molecule is NC(=O)C1CCN(c2cc(=O)[nH]cn2)C1. The molecule has 1 aliphatic rings. The summed E-state index contributed by atoms with van der Waals surface area (Å²) in [7, 11) is 0. The smallest absolute Gasteiger partial charge is 0.252 e. The summed E-state index contributed by atoms with van der Waals surface area (Å²) < 4.78 is 0. The molecule has 15 heavy (non-hydrogen) atoms. The molecule has 1 fully saturated rings. The van der Waals surface area contributed by atoms with Gasteiger partial charge in [0, 0.05) is 19.2 Å². The predicted molar refractivity (Wildman–Crippen MR) is 54.4 cm³/mol. The predicted octanol–water partition coefficient (Wildman–Crippen LogP) is -0.918. The van der Waals surface area contributed by atoms with Gasteiger partial charge in [-0.15, -0.1) is 0 Å². The molecule has 0 spiro atoms. The topological polar surface area (TPSA) is 92.1 Å². The van der Waals surface area contributed by atoms with Crippen LogP contribution in [0.1, 0.15) is 6.42 Å². The van der Waals surface area contributed by atoms with E-state index in [2.05, 4.69) is 9.97 Å². The van der Waals surface area contributed by atoms with Crippen molar-refractivity contribution in [1.82, 2.24) is 9.97 Å². The first-order valence-corrected chi connectivity index (χ1v) is 4.76. The Hall–Kier alpha value is -1.85. The van der Waals surface area contributed by atoms with Gasteiger partial charge in [0.2, 0.25) is 5.91 Å². The zero-order valence-corrected chi connectivity index (χ0v) is 8.14.